The van der Waals surface area contributed by atoms with E-state index in [4.69, 9.17) is 23.2 Å². The molecule has 2 rings (SSSR count). The number of amides is 1. The fourth-order valence-electron chi connectivity index (χ4n) is 2.89. The molecule has 0 unspecified atom stereocenters. The van der Waals surface area contributed by atoms with Gasteiger partial charge in [0, 0.05) is 25.3 Å². The molecule has 0 aliphatic carbocycles. The lowest BCUT2D eigenvalue weighted by molar-refractivity contribution is 0.0631. The lowest BCUT2D eigenvalue weighted by Crippen LogP contribution is -2.46. The zero-order valence-electron chi connectivity index (χ0n) is 12.5. The first kappa shape index (κ1) is 16.5. The third-order valence-corrected chi connectivity index (χ3v) is 4.81. The van der Waals surface area contributed by atoms with Crippen LogP contribution in [0.3, 0.4) is 0 Å². The molecule has 1 amide bonds. The number of carbonyl (C=O) groups is 1. The maximum atomic E-state index is 12.4. The van der Waals surface area contributed by atoms with Crippen molar-refractivity contribution in [2.75, 3.05) is 26.2 Å². The van der Waals surface area contributed by atoms with Crippen molar-refractivity contribution in [2.45, 2.75) is 32.7 Å². The average molecular weight is 330 g/mol. The van der Waals surface area contributed by atoms with Crippen LogP contribution in [-0.2, 0) is 0 Å². The van der Waals surface area contributed by atoms with E-state index in [1.54, 1.807) is 6.07 Å². The van der Waals surface area contributed by atoms with Crippen LogP contribution in [0.25, 0.3) is 0 Å². The second-order valence-corrected chi connectivity index (χ2v) is 6.01. The molecule has 116 valence electrons. The van der Waals surface area contributed by atoms with E-state index in [-0.39, 0.29) is 11.1 Å². The highest BCUT2D eigenvalue weighted by atomic mass is 35.5. The molecular formula is C15H21Cl2N3O. The summed E-state index contributed by atoms with van der Waals surface area (Å²) in [6.07, 6.45) is 3.53. The summed E-state index contributed by atoms with van der Waals surface area (Å²) in [4.78, 5) is 20.7. The smallest absolute Gasteiger partial charge is 0.255 e. The summed E-state index contributed by atoms with van der Waals surface area (Å²) < 4.78 is 0. The average Bonchev–Trinajstić information content (AvgIpc) is 2.51. The number of rotatable bonds is 4. The molecule has 1 aliphatic heterocycles. The van der Waals surface area contributed by atoms with Gasteiger partial charge in [-0.3, -0.25) is 4.79 Å². The van der Waals surface area contributed by atoms with E-state index < -0.39 is 0 Å². The molecule has 0 aromatic carbocycles. The molecule has 0 radical (unpaired) electrons. The number of hydrogen-bond donors (Lipinski definition) is 0. The van der Waals surface area contributed by atoms with Crippen LogP contribution in [0.5, 0.6) is 0 Å². The summed E-state index contributed by atoms with van der Waals surface area (Å²) in [5.74, 6) is -0.0148. The third kappa shape index (κ3) is 3.87. The molecule has 1 aromatic rings. The van der Waals surface area contributed by atoms with Gasteiger partial charge in [0.2, 0.25) is 0 Å². The Morgan fingerprint density at radius 1 is 1.33 bits per heavy atom. The van der Waals surface area contributed by atoms with Crippen molar-refractivity contribution in [3.05, 3.63) is 28.0 Å². The van der Waals surface area contributed by atoms with Crippen molar-refractivity contribution in [1.29, 1.82) is 0 Å². The number of piperidine rings is 1. The predicted molar refractivity (Wildman–Crippen MR) is 86.1 cm³/mol. The number of halogens is 2. The molecule has 21 heavy (non-hydrogen) atoms. The molecule has 1 aromatic heterocycles. The van der Waals surface area contributed by atoms with Gasteiger partial charge in [-0.05, 0) is 32.0 Å². The van der Waals surface area contributed by atoms with Crippen molar-refractivity contribution in [3.8, 4) is 0 Å². The maximum absolute atomic E-state index is 12.4. The molecule has 0 saturated carbocycles. The second-order valence-electron chi connectivity index (χ2n) is 5.24. The van der Waals surface area contributed by atoms with Crippen LogP contribution in [0.15, 0.2) is 12.3 Å². The summed E-state index contributed by atoms with van der Waals surface area (Å²) in [5.41, 5.74) is 0.505. The highest BCUT2D eigenvalue weighted by Crippen LogP contribution is 2.22. The Kier molecular flexibility index (Phi) is 5.85. The second kappa shape index (κ2) is 7.43. The molecule has 1 fully saturated rings. The minimum absolute atomic E-state index is 0.0148. The first-order valence-corrected chi connectivity index (χ1v) is 8.16. The van der Waals surface area contributed by atoms with Gasteiger partial charge in [0.05, 0.1) is 10.6 Å². The van der Waals surface area contributed by atoms with Crippen molar-refractivity contribution in [3.63, 3.8) is 0 Å². The van der Waals surface area contributed by atoms with Crippen LogP contribution < -0.4 is 0 Å². The molecule has 4 nitrogen and oxygen atoms in total. The van der Waals surface area contributed by atoms with Crippen LogP contribution in [-0.4, -0.2) is 52.9 Å². The normalized spacial score (nSPS) is 16.5. The lowest BCUT2D eigenvalue weighted by Gasteiger charge is -2.37. The van der Waals surface area contributed by atoms with Gasteiger partial charge >= 0.3 is 0 Å². The highest BCUT2D eigenvalue weighted by Gasteiger charge is 2.26. The first-order valence-electron chi connectivity index (χ1n) is 7.41. The fourth-order valence-corrected chi connectivity index (χ4v) is 3.16. The minimum atomic E-state index is -0.0148. The standard InChI is InChI=1S/C15H21Cl2N3O/c1-3-19(4-2)12-5-7-20(8-6-12)15(21)11-9-13(16)14(17)18-10-11/h9-10,12H,3-8H2,1-2H3. The molecule has 0 atom stereocenters. The first-order chi connectivity index (χ1) is 10.1. The van der Waals surface area contributed by atoms with Gasteiger partial charge in [0.25, 0.3) is 5.91 Å². The zero-order chi connectivity index (χ0) is 15.4. The van der Waals surface area contributed by atoms with E-state index in [0.29, 0.717) is 16.6 Å². The number of likely N-dealkylation sites (tertiary alicyclic amines) is 1. The van der Waals surface area contributed by atoms with E-state index >= 15 is 0 Å². The Balaban J connectivity index is 1.98. The van der Waals surface area contributed by atoms with E-state index in [2.05, 4.69) is 23.7 Å². The van der Waals surface area contributed by atoms with E-state index in [1.165, 1.54) is 6.20 Å². The monoisotopic (exact) mass is 329 g/mol. The van der Waals surface area contributed by atoms with Crippen molar-refractivity contribution in [1.82, 2.24) is 14.8 Å². The Bertz CT molecular complexity index is 498. The van der Waals surface area contributed by atoms with Crippen LogP contribution in [0.1, 0.15) is 37.0 Å². The third-order valence-electron chi connectivity index (χ3n) is 4.12. The van der Waals surface area contributed by atoms with Crippen molar-refractivity contribution >= 4 is 29.1 Å². The number of aromatic nitrogens is 1. The van der Waals surface area contributed by atoms with E-state index in [1.807, 2.05) is 4.90 Å². The van der Waals surface area contributed by atoms with Crippen molar-refractivity contribution in [2.24, 2.45) is 0 Å². The largest absolute Gasteiger partial charge is 0.338 e. The summed E-state index contributed by atoms with van der Waals surface area (Å²) in [5, 5.41) is 0.550. The van der Waals surface area contributed by atoms with E-state index in [9.17, 15) is 4.79 Å². The molecule has 6 heteroatoms. The van der Waals surface area contributed by atoms with Crippen LogP contribution >= 0.6 is 23.2 Å². The van der Waals surface area contributed by atoms with Gasteiger partial charge in [-0.25, -0.2) is 4.98 Å². The van der Waals surface area contributed by atoms with Crippen molar-refractivity contribution < 1.29 is 4.79 Å². The molecule has 1 saturated heterocycles. The molecule has 0 spiro atoms. The SMILES string of the molecule is CCN(CC)C1CCN(C(=O)c2cnc(Cl)c(Cl)c2)CC1. The van der Waals surface area contributed by atoms with Gasteiger partial charge in [0.15, 0.2) is 0 Å². The Morgan fingerprint density at radius 2 is 1.95 bits per heavy atom. The summed E-state index contributed by atoms with van der Waals surface area (Å²) in [6.45, 7) is 8.04. The van der Waals surface area contributed by atoms with Gasteiger partial charge in [-0.1, -0.05) is 37.0 Å². The molecule has 0 N–H and O–H groups in total. The van der Waals surface area contributed by atoms with Crippen LogP contribution in [0, 0.1) is 0 Å². The highest BCUT2D eigenvalue weighted by molar-refractivity contribution is 6.41. The fraction of sp³-hybridized carbons (Fsp3) is 0.600. The molecule has 1 aliphatic rings. The topological polar surface area (TPSA) is 36.4 Å². The molecular weight excluding hydrogens is 309 g/mol. The van der Waals surface area contributed by atoms with Gasteiger partial charge in [-0.2, -0.15) is 0 Å². The minimum Gasteiger partial charge on any atom is -0.338 e. The van der Waals surface area contributed by atoms with Gasteiger partial charge in [0.1, 0.15) is 5.15 Å². The predicted octanol–water partition coefficient (Wildman–Crippen LogP) is 3.33. The van der Waals surface area contributed by atoms with Crippen LogP contribution in [0.2, 0.25) is 10.2 Å². The van der Waals surface area contributed by atoms with Crippen LogP contribution in [0.4, 0.5) is 0 Å². The Morgan fingerprint density at radius 3 is 2.48 bits per heavy atom. The Labute approximate surface area is 136 Å². The van der Waals surface area contributed by atoms with Gasteiger partial charge in [-0.15, -0.1) is 0 Å². The number of pyridine rings is 1. The maximum Gasteiger partial charge on any atom is 0.255 e. The summed E-state index contributed by atoms with van der Waals surface area (Å²) in [6, 6.07) is 2.17. The summed E-state index contributed by atoms with van der Waals surface area (Å²) >= 11 is 11.7. The lowest BCUT2D eigenvalue weighted by atomic mass is 10.0. The number of hydrogen-bond acceptors (Lipinski definition) is 3. The van der Waals surface area contributed by atoms with E-state index in [0.717, 1.165) is 39.0 Å². The number of carbonyl (C=O) groups excluding carboxylic acids is 1. The summed E-state index contributed by atoms with van der Waals surface area (Å²) in [7, 11) is 0. The molecule has 0 bridgehead atoms. The Hall–Kier alpha value is -0.840. The quantitative estimate of drug-likeness (QED) is 0.795. The zero-order valence-corrected chi connectivity index (χ0v) is 14.0. The molecule has 2 heterocycles. The van der Waals surface area contributed by atoms with Gasteiger partial charge < -0.3 is 9.80 Å². The number of nitrogens with zero attached hydrogens (tertiary/aromatic N) is 3.